The fourth-order valence-corrected chi connectivity index (χ4v) is 2.08. The lowest BCUT2D eigenvalue weighted by molar-refractivity contribution is 0.101. The molecule has 4 heteroatoms. The SMILES string of the molecule is CCCCOc1cccc(C(=O)Nc2cccc(C(C)=O)c2)c1. The van der Waals surface area contributed by atoms with E-state index in [9.17, 15) is 9.59 Å². The number of hydrogen-bond donors (Lipinski definition) is 1. The van der Waals surface area contributed by atoms with Gasteiger partial charge in [0.2, 0.25) is 0 Å². The molecular formula is C19H21NO3. The van der Waals surface area contributed by atoms with Crippen molar-refractivity contribution in [1.29, 1.82) is 0 Å². The van der Waals surface area contributed by atoms with Gasteiger partial charge in [-0.3, -0.25) is 9.59 Å². The van der Waals surface area contributed by atoms with E-state index in [0.717, 1.165) is 12.8 Å². The Bertz CT molecular complexity index is 695. The molecule has 0 unspecified atom stereocenters. The van der Waals surface area contributed by atoms with Crippen LogP contribution in [-0.2, 0) is 0 Å². The summed E-state index contributed by atoms with van der Waals surface area (Å²) in [5.41, 5.74) is 1.69. The summed E-state index contributed by atoms with van der Waals surface area (Å²) in [6.45, 7) is 4.24. The third-order valence-electron chi connectivity index (χ3n) is 3.39. The van der Waals surface area contributed by atoms with Gasteiger partial charge in [-0.2, -0.15) is 0 Å². The molecule has 0 aliphatic rings. The fraction of sp³-hybridized carbons (Fsp3) is 0.263. The first-order valence-electron chi connectivity index (χ1n) is 7.75. The van der Waals surface area contributed by atoms with Crippen LogP contribution in [0.15, 0.2) is 48.5 Å². The molecule has 2 rings (SSSR count). The second-order valence-electron chi connectivity index (χ2n) is 5.32. The highest BCUT2D eigenvalue weighted by Gasteiger charge is 2.08. The topological polar surface area (TPSA) is 55.4 Å². The van der Waals surface area contributed by atoms with Crippen molar-refractivity contribution < 1.29 is 14.3 Å². The zero-order valence-corrected chi connectivity index (χ0v) is 13.5. The van der Waals surface area contributed by atoms with E-state index in [-0.39, 0.29) is 11.7 Å². The molecule has 0 saturated heterocycles. The maximum atomic E-state index is 12.3. The fourth-order valence-electron chi connectivity index (χ4n) is 2.08. The minimum atomic E-state index is -0.230. The minimum absolute atomic E-state index is 0.0348. The third-order valence-corrected chi connectivity index (χ3v) is 3.39. The number of Topliss-reactive ketones (excluding diaryl/α,β-unsaturated/α-hetero) is 1. The number of amides is 1. The molecule has 0 heterocycles. The maximum Gasteiger partial charge on any atom is 0.255 e. The van der Waals surface area contributed by atoms with Gasteiger partial charge < -0.3 is 10.1 Å². The van der Waals surface area contributed by atoms with Gasteiger partial charge in [0.25, 0.3) is 5.91 Å². The lowest BCUT2D eigenvalue weighted by Crippen LogP contribution is -2.12. The second kappa shape index (κ2) is 8.13. The Kier molecular flexibility index (Phi) is 5.92. The number of ether oxygens (including phenoxy) is 1. The van der Waals surface area contributed by atoms with Crippen LogP contribution < -0.4 is 10.1 Å². The molecule has 1 N–H and O–H groups in total. The zero-order valence-electron chi connectivity index (χ0n) is 13.5. The summed E-state index contributed by atoms with van der Waals surface area (Å²) in [5, 5.41) is 2.80. The van der Waals surface area contributed by atoms with Gasteiger partial charge in [-0.15, -0.1) is 0 Å². The van der Waals surface area contributed by atoms with Crippen LogP contribution in [0.5, 0.6) is 5.75 Å². The van der Waals surface area contributed by atoms with E-state index in [4.69, 9.17) is 4.74 Å². The molecule has 0 bridgehead atoms. The number of anilines is 1. The van der Waals surface area contributed by atoms with Gasteiger partial charge >= 0.3 is 0 Å². The molecule has 0 aliphatic heterocycles. The molecule has 1 amide bonds. The van der Waals surface area contributed by atoms with Crippen molar-refractivity contribution in [1.82, 2.24) is 0 Å². The second-order valence-corrected chi connectivity index (χ2v) is 5.32. The Hall–Kier alpha value is -2.62. The van der Waals surface area contributed by atoms with Crippen LogP contribution in [-0.4, -0.2) is 18.3 Å². The Morgan fingerprint density at radius 3 is 2.52 bits per heavy atom. The smallest absolute Gasteiger partial charge is 0.255 e. The van der Waals surface area contributed by atoms with Crippen LogP contribution in [0, 0.1) is 0 Å². The highest BCUT2D eigenvalue weighted by atomic mass is 16.5. The normalized spacial score (nSPS) is 10.2. The summed E-state index contributed by atoms with van der Waals surface area (Å²) in [5.74, 6) is 0.419. The molecule has 0 saturated carbocycles. The van der Waals surface area contributed by atoms with E-state index in [1.54, 1.807) is 42.5 Å². The zero-order chi connectivity index (χ0) is 16.7. The average molecular weight is 311 g/mol. The van der Waals surface area contributed by atoms with Crippen molar-refractivity contribution in [2.24, 2.45) is 0 Å². The Morgan fingerprint density at radius 1 is 1.04 bits per heavy atom. The van der Waals surface area contributed by atoms with E-state index in [1.807, 2.05) is 6.07 Å². The molecule has 4 nitrogen and oxygen atoms in total. The Labute approximate surface area is 136 Å². The Balaban J connectivity index is 2.07. The molecule has 0 atom stereocenters. The van der Waals surface area contributed by atoms with Gasteiger partial charge in [0.15, 0.2) is 5.78 Å². The number of carbonyl (C=O) groups excluding carboxylic acids is 2. The highest BCUT2D eigenvalue weighted by Crippen LogP contribution is 2.17. The average Bonchev–Trinajstić information content (AvgIpc) is 2.55. The van der Waals surface area contributed by atoms with Crippen molar-refractivity contribution in [3.8, 4) is 5.75 Å². The van der Waals surface area contributed by atoms with Crippen LogP contribution in [0.2, 0.25) is 0 Å². The van der Waals surface area contributed by atoms with E-state index < -0.39 is 0 Å². The lowest BCUT2D eigenvalue weighted by atomic mass is 10.1. The number of rotatable bonds is 7. The van der Waals surface area contributed by atoms with E-state index >= 15 is 0 Å². The van der Waals surface area contributed by atoms with Crippen molar-refractivity contribution >= 4 is 17.4 Å². The van der Waals surface area contributed by atoms with Crippen LogP contribution in [0.3, 0.4) is 0 Å². The number of ketones is 1. The molecule has 0 fully saturated rings. The molecule has 0 radical (unpaired) electrons. The first-order valence-corrected chi connectivity index (χ1v) is 7.75. The highest BCUT2D eigenvalue weighted by molar-refractivity contribution is 6.05. The van der Waals surface area contributed by atoms with Crippen molar-refractivity contribution in [2.45, 2.75) is 26.7 Å². The lowest BCUT2D eigenvalue weighted by Gasteiger charge is -2.09. The van der Waals surface area contributed by atoms with Crippen molar-refractivity contribution in [3.63, 3.8) is 0 Å². The first-order chi connectivity index (χ1) is 11.1. The molecule has 2 aromatic carbocycles. The number of carbonyl (C=O) groups is 2. The van der Waals surface area contributed by atoms with E-state index in [1.165, 1.54) is 6.92 Å². The quantitative estimate of drug-likeness (QED) is 0.612. The predicted molar refractivity (Wildman–Crippen MR) is 91.2 cm³/mol. The molecule has 0 spiro atoms. The van der Waals surface area contributed by atoms with Crippen molar-refractivity contribution in [2.75, 3.05) is 11.9 Å². The van der Waals surface area contributed by atoms with Gasteiger partial charge in [-0.25, -0.2) is 0 Å². The predicted octanol–water partition coefficient (Wildman–Crippen LogP) is 4.32. The third kappa shape index (κ3) is 4.95. The molecule has 0 aliphatic carbocycles. The minimum Gasteiger partial charge on any atom is -0.494 e. The van der Waals surface area contributed by atoms with Gasteiger partial charge in [-0.05, 0) is 43.7 Å². The van der Waals surface area contributed by atoms with Crippen LogP contribution in [0.4, 0.5) is 5.69 Å². The van der Waals surface area contributed by atoms with Gasteiger partial charge in [0, 0.05) is 16.8 Å². The molecular weight excluding hydrogens is 290 g/mol. The maximum absolute atomic E-state index is 12.3. The summed E-state index contributed by atoms with van der Waals surface area (Å²) >= 11 is 0. The molecule has 0 aromatic heterocycles. The summed E-state index contributed by atoms with van der Waals surface area (Å²) < 4.78 is 5.61. The first kappa shape index (κ1) is 16.7. The van der Waals surface area contributed by atoms with Gasteiger partial charge in [0.05, 0.1) is 6.61 Å². The van der Waals surface area contributed by atoms with E-state index in [2.05, 4.69) is 12.2 Å². The van der Waals surface area contributed by atoms with Crippen LogP contribution in [0.25, 0.3) is 0 Å². The summed E-state index contributed by atoms with van der Waals surface area (Å²) in [6, 6.07) is 14.0. The Morgan fingerprint density at radius 2 is 1.78 bits per heavy atom. The van der Waals surface area contributed by atoms with Gasteiger partial charge in [0.1, 0.15) is 5.75 Å². The summed E-state index contributed by atoms with van der Waals surface area (Å²) in [7, 11) is 0. The monoisotopic (exact) mass is 311 g/mol. The molecule has 120 valence electrons. The van der Waals surface area contributed by atoms with Crippen LogP contribution in [0.1, 0.15) is 47.4 Å². The molecule has 2 aromatic rings. The summed E-state index contributed by atoms with van der Waals surface area (Å²) in [6.07, 6.45) is 2.04. The number of nitrogens with one attached hydrogen (secondary N) is 1. The number of benzene rings is 2. The van der Waals surface area contributed by atoms with Gasteiger partial charge in [-0.1, -0.05) is 31.5 Å². The molecule has 23 heavy (non-hydrogen) atoms. The summed E-state index contributed by atoms with van der Waals surface area (Å²) in [4.78, 5) is 23.7. The largest absolute Gasteiger partial charge is 0.494 e. The van der Waals surface area contributed by atoms with Crippen molar-refractivity contribution in [3.05, 3.63) is 59.7 Å². The number of unbranched alkanes of at least 4 members (excludes halogenated alkanes) is 1. The standard InChI is InChI=1S/C19H21NO3/c1-3-4-11-23-18-10-6-8-16(13-18)19(22)20-17-9-5-7-15(12-17)14(2)21/h5-10,12-13H,3-4,11H2,1-2H3,(H,20,22). The van der Waals surface area contributed by atoms with Crippen LogP contribution >= 0.6 is 0 Å². The number of hydrogen-bond acceptors (Lipinski definition) is 3. The van der Waals surface area contributed by atoms with E-state index in [0.29, 0.717) is 29.2 Å².